The lowest BCUT2D eigenvalue weighted by Crippen LogP contribution is -2.57. The number of phenolic OH excluding ortho intramolecular Hbond substituents is 1. The molecule has 6 rings (SSSR count). The second kappa shape index (κ2) is 20.6. The van der Waals surface area contributed by atoms with Gasteiger partial charge in [0.05, 0.1) is 35.1 Å². The summed E-state index contributed by atoms with van der Waals surface area (Å²) in [6.45, 7) is 7.88. The molecule has 4 aromatic rings. The number of hydrogen-bond acceptors (Lipinski definition) is 11. The number of phenols is 1. The van der Waals surface area contributed by atoms with E-state index in [4.69, 9.17) is 24.5 Å². The van der Waals surface area contributed by atoms with Gasteiger partial charge in [0.15, 0.2) is 0 Å². The largest absolute Gasteiger partial charge is 0.506 e. The number of aliphatic hydroxyl groups excluding tert-OH is 1. The quantitative estimate of drug-likeness (QED) is 0.0771. The van der Waals surface area contributed by atoms with E-state index >= 15 is 0 Å². The van der Waals surface area contributed by atoms with Crippen LogP contribution in [0.1, 0.15) is 64.2 Å². The van der Waals surface area contributed by atoms with Crippen molar-refractivity contribution in [1.82, 2.24) is 20.1 Å². The fourth-order valence-corrected chi connectivity index (χ4v) is 8.40. The summed E-state index contributed by atoms with van der Waals surface area (Å²) in [6, 6.07) is 13.9. The maximum atomic E-state index is 13.3. The molecule has 4 heterocycles. The van der Waals surface area contributed by atoms with Crippen LogP contribution in [-0.2, 0) is 33.7 Å². The summed E-state index contributed by atoms with van der Waals surface area (Å²) in [5.74, 6) is -5.37. The van der Waals surface area contributed by atoms with Crippen molar-refractivity contribution >= 4 is 50.7 Å². The number of carbonyl (C=O) groups is 3. The second-order valence-corrected chi connectivity index (χ2v) is 15.9. The number of carboxylic acids is 2. The molecule has 0 unspecified atom stereocenters. The molecule has 2 saturated heterocycles. The van der Waals surface area contributed by atoms with E-state index in [1.807, 2.05) is 10.3 Å². The highest BCUT2D eigenvalue weighted by molar-refractivity contribution is 7.16. The van der Waals surface area contributed by atoms with E-state index in [9.17, 15) is 46.1 Å². The first-order chi connectivity index (χ1) is 27.7. The molecule has 2 aliphatic rings. The number of morpholine rings is 1. The summed E-state index contributed by atoms with van der Waals surface area (Å²) < 4.78 is 70.4. The molecule has 0 radical (unpaired) electrons. The topological polar surface area (TPSA) is 193 Å². The number of ether oxygens (including phenoxy) is 1. The molecule has 2 fully saturated rings. The number of benzene rings is 2. The zero-order valence-electron chi connectivity index (χ0n) is 31.7. The summed E-state index contributed by atoms with van der Waals surface area (Å²) in [5, 5.41) is 40.4. The highest BCUT2D eigenvalue weighted by atomic mass is 32.1. The Morgan fingerprint density at radius 3 is 2.24 bits per heavy atom. The number of aryl methyl sites for hydroxylation is 1. The lowest BCUT2D eigenvalue weighted by Gasteiger charge is -2.47. The normalized spacial score (nSPS) is 16.2. The number of piperidine rings is 1. The molecule has 21 heteroatoms. The van der Waals surface area contributed by atoms with E-state index in [1.165, 1.54) is 22.1 Å². The number of alkyl halides is 6. The number of fused-ring (bicyclic) bond motifs is 1. The van der Waals surface area contributed by atoms with Crippen LogP contribution in [0.3, 0.4) is 0 Å². The highest BCUT2D eigenvalue weighted by Gasteiger charge is 2.41. The SMILES string of the molecule is CCCc1cc(C(=O)N2CCOC3(CCN(Cc4cccc(CCNC[C@H](O)c5ccc(O)c6[nH]c(=O)sc56)c4)CC3)C2)cs1.O=C(O)C(F)(F)F.O=C(O)C(F)(F)F. The average Bonchev–Trinajstić information content (AvgIpc) is 3.81. The van der Waals surface area contributed by atoms with E-state index in [2.05, 4.69) is 52.5 Å². The van der Waals surface area contributed by atoms with Gasteiger partial charge in [0.25, 0.3) is 5.91 Å². The molecule has 1 spiro atoms. The molecule has 324 valence electrons. The number of rotatable bonds is 11. The maximum absolute atomic E-state index is 13.3. The van der Waals surface area contributed by atoms with Crippen LogP contribution >= 0.6 is 22.7 Å². The molecule has 0 saturated carbocycles. The van der Waals surface area contributed by atoms with Crippen LogP contribution in [0.4, 0.5) is 26.3 Å². The van der Waals surface area contributed by atoms with E-state index in [1.54, 1.807) is 17.4 Å². The molecule has 0 bridgehead atoms. The monoisotopic (exact) mass is 878 g/mol. The molecule has 2 aromatic heterocycles. The molecule has 1 amide bonds. The molecule has 2 aliphatic heterocycles. The summed E-state index contributed by atoms with van der Waals surface area (Å²) in [6.07, 6.45) is -6.18. The van der Waals surface area contributed by atoms with E-state index in [0.29, 0.717) is 48.6 Å². The Morgan fingerprint density at radius 1 is 0.966 bits per heavy atom. The van der Waals surface area contributed by atoms with Crippen molar-refractivity contribution in [3.63, 3.8) is 0 Å². The molecule has 59 heavy (non-hydrogen) atoms. The smallest absolute Gasteiger partial charge is 0.490 e. The van der Waals surface area contributed by atoms with E-state index in [-0.39, 0.29) is 22.1 Å². The standard InChI is InChI=1S/C34H42N4O5S2.2C2HF3O2/c1-2-4-26-18-25(21-44-26)32(41)38-15-16-43-34(22-38)10-13-37(14-11-34)20-24-6-3-5-23(17-24)9-12-35-19-29(40)27-7-8-28(39)30-31(27)45-33(42)36-30;2*3-2(4,5)1(6)7/h3,5-8,17-18,21,29,35,39-40H,2,4,9-16,19-20,22H2,1H3,(H,36,42);2*(H,6,7)/t29-;;/m0../s1. The van der Waals surface area contributed by atoms with Crippen LogP contribution < -0.4 is 10.2 Å². The first-order valence-electron chi connectivity index (χ1n) is 18.4. The summed E-state index contributed by atoms with van der Waals surface area (Å²) in [4.78, 5) is 51.0. The van der Waals surface area contributed by atoms with Crippen LogP contribution in [0.15, 0.2) is 52.6 Å². The minimum Gasteiger partial charge on any atom is -0.506 e. The molecule has 2 aromatic carbocycles. The Bertz CT molecular complexity index is 2070. The van der Waals surface area contributed by atoms with Gasteiger partial charge in [0, 0.05) is 48.5 Å². The minimum atomic E-state index is -5.08. The van der Waals surface area contributed by atoms with Gasteiger partial charge in [-0.3, -0.25) is 14.5 Å². The number of halogens is 6. The van der Waals surface area contributed by atoms with Crippen molar-refractivity contribution < 1.29 is 65.9 Å². The number of nitrogens with zero attached hydrogens (tertiary/aromatic N) is 2. The van der Waals surface area contributed by atoms with Gasteiger partial charge in [-0.1, -0.05) is 55.0 Å². The molecule has 0 aliphatic carbocycles. The van der Waals surface area contributed by atoms with E-state index in [0.717, 1.165) is 68.6 Å². The first-order valence-corrected chi connectivity index (χ1v) is 20.1. The van der Waals surface area contributed by atoms with Gasteiger partial charge in [-0.05, 0) is 55.5 Å². The number of hydrogen-bond donors (Lipinski definition) is 6. The van der Waals surface area contributed by atoms with Gasteiger partial charge in [0.1, 0.15) is 11.3 Å². The number of likely N-dealkylation sites (tertiary alicyclic amines) is 1. The number of carbonyl (C=O) groups excluding carboxylic acids is 1. The lowest BCUT2D eigenvalue weighted by atomic mass is 9.89. The Kier molecular flexibility index (Phi) is 16.5. The Labute approximate surface area is 341 Å². The van der Waals surface area contributed by atoms with Gasteiger partial charge in [0.2, 0.25) is 0 Å². The summed E-state index contributed by atoms with van der Waals surface area (Å²) >= 11 is 2.68. The predicted octanol–water partition coefficient (Wildman–Crippen LogP) is 5.95. The van der Waals surface area contributed by atoms with Crippen molar-refractivity contribution in [2.75, 3.05) is 45.9 Å². The number of carboxylic acid groups (broad SMARTS) is 2. The number of aromatic hydroxyl groups is 1. The number of aliphatic carboxylic acids is 2. The fraction of sp³-hybridized carbons (Fsp3) is 0.474. The predicted molar refractivity (Wildman–Crippen MR) is 207 cm³/mol. The van der Waals surface area contributed by atoms with Crippen molar-refractivity contribution in [3.05, 3.63) is 84.6 Å². The van der Waals surface area contributed by atoms with Gasteiger partial charge in [-0.15, -0.1) is 11.3 Å². The van der Waals surface area contributed by atoms with Gasteiger partial charge < -0.3 is 40.4 Å². The van der Waals surface area contributed by atoms with Crippen LogP contribution in [0, 0.1) is 0 Å². The zero-order chi connectivity index (χ0) is 43.5. The van der Waals surface area contributed by atoms with E-state index < -0.39 is 30.4 Å². The molecule has 1 atom stereocenters. The molecule has 13 nitrogen and oxygen atoms in total. The number of aliphatic hydroxyl groups is 1. The Hall–Kier alpha value is -4.54. The number of aromatic nitrogens is 1. The van der Waals surface area contributed by atoms with Gasteiger partial charge in [-0.25, -0.2) is 9.59 Å². The zero-order valence-corrected chi connectivity index (χ0v) is 33.3. The third kappa shape index (κ3) is 13.8. The number of aromatic amines is 1. The van der Waals surface area contributed by atoms with Crippen molar-refractivity contribution in [2.45, 2.75) is 69.6 Å². The molecular weight excluding hydrogens is 835 g/mol. The van der Waals surface area contributed by atoms with Gasteiger partial charge in [-0.2, -0.15) is 26.3 Å². The van der Waals surface area contributed by atoms with Crippen LogP contribution in [0.5, 0.6) is 5.75 Å². The third-order valence-electron chi connectivity index (χ3n) is 9.46. The van der Waals surface area contributed by atoms with Crippen molar-refractivity contribution in [3.8, 4) is 5.75 Å². The number of thiazole rings is 1. The molecular formula is C38H44F6N4O9S2. The number of thiophene rings is 1. The first kappa shape index (κ1) is 47.1. The summed E-state index contributed by atoms with van der Waals surface area (Å²) in [5.41, 5.74) is 4.08. The maximum Gasteiger partial charge on any atom is 0.490 e. The van der Waals surface area contributed by atoms with Crippen LogP contribution in [0.2, 0.25) is 0 Å². The number of nitrogens with one attached hydrogen (secondary N) is 2. The summed E-state index contributed by atoms with van der Waals surface area (Å²) in [7, 11) is 0. The third-order valence-corrected chi connectivity index (χ3v) is 11.4. The number of amides is 1. The van der Waals surface area contributed by atoms with Crippen LogP contribution in [0.25, 0.3) is 10.2 Å². The highest BCUT2D eigenvalue weighted by Crippen LogP contribution is 2.33. The Morgan fingerprint density at radius 2 is 1.61 bits per heavy atom. The second-order valence-electron chi connectivity index (χ2n) is 13.9. The molecule has 6 N–H and O–H groups in total. The number of H-pyrrole nitrogens is 1. The minimum absolute atomic E-state index is 0.00667. The van der Waals surface area contributed by atoms with Crippen molar-refractivity contribution in [1.29, 1.82) is 0 Å². The van der Waals surface area contributed by atoms with Crippen LogP contribution in [-0.4, -0.2) is 117 Å². The van der Waals surface area contributed by atoms with Crippen molar-refractivity contribution in [2.24, 2.45) is 0 Å². The Balaban J connectivity index is 0.000000471. The average molecular weight is 879 g/mol. The fourth-order valence-electron chi connectivity index (χ4n) is 6.52. The lowest BCUT2D eigenvalue weighted by molar-refractivity contribution is -0.193. The van der Waals surface area contributed by atoms with Gasteiger partial charge >= 0.3 is 29.2 Å².